The van der Waals surface area contributed by atoms with E-state index in [-0.39, 0.29) is 18.5 Å². The summed E-state index contributed by atoms with van der Waals surface area (Å²) in [6.45, 7) is 7.65. The quantitative estimate of drug-likeness (QED) is 0.652. The number of hydrogen-bond donors (Lipinski definition) is 1. The zero-order chi connectivity index (χ0) is 15.9. The number of sulfonamides is 1. The molecular formula is C13H27N3O4S. The molecule has 8 heteroatoms. The van der Waals surface area contributed by atoms with Crippen LogP contribution in [0.3, 0.4) is 0 Å². The van der Waals surface area contributed by atoms with E-state index < -0.39 is 10.0 Å². The maximum Gasteiger partial charge on any atom is 0.235 e. The highest BCUT2D eigenvalue weighted by Crippen LogP contribution is 2.02. The molecule has 1 heterocycles. The van der Waals surface area contributed by atoms with Crippen LogP contribution in [0, 0.1) is 0 Å². The first kappa shape index (κ1) is 18.3. The molecular weight excluding hydrogens is 294 g/mol. The van der Waals surface area contributed by atoms with Crippen molar-refractivity contribution in [3.05, 3.63) is 0 Å². The molecule has 0 saturated carbocycles. The Bertz CT molecular complexity index is 421. The lowest BCUT2D eigenvalue weighted by Crippen LogP contribution is -2.47. The molecule has 1 atom stereocenters. The normalized spacial score (nSPS) is 18.7. The number of carbonyl (C=O) groups is 1. The molecule has 1 saturated heterocycles. The first-order valence-electron chi connectivity index (χ1n) is 7.37. The Morgan fingerprint density at radius 2 is 2.00 bits per heavy atom. The Kier molecular flexibility index (Phi) is 7.58. The summed E-state index contributed by atoms with van der Waals surface area (Å²) in [5.74, 6) is -0.253. The SMILES string of the molecule is CCC(C)NC(=O)CN(CCN1CCOCC1)S(C)(=O)=O. The van der Waals surface area contributed by atoms with Crippen LogP contribution in [0.5, 0.6) is 0 Å². The van der Waals surface area contributed by atoms with Crippen molar-refractivity contribution in [3.8, 4) is 0 Å². The van der Waals surface area contributed by atoms with Gasteiger partial charge in [-0.05, 0) is 13.3 Å². The second-order valence-corrected chi connectivity index (χ2v) is 7.41. The fraction of sp³-hybridized carbons (Fsp3) is 0.923. The summed E-state index contributed by atoms with van der Waals surface area (Å²) in [6.07, 6.45) is 1.96. The summed E-state index contributed by atoms with van der Waals surface area (Å²) in [6, 6.07) is 0.0538. The van der Waals surface area contributed by atoms with E-state index in [0.29, 0.717) is 26.3 Å². The van der Waals surface area contributed by atoms with Gasteiger partial charge in [-0.2, -0.15) is 4.31 Å². The van der Waals surface area contributed by atoms with E-state index in [1.807, 2.05) is 13.8 Å². The second-order valence-electron chi connectivity index (χ2n) is 5.43. The summed E-state index contributed by atoms with van der Waals surface area (Å²) in [5.41, 5.74) is 0. The molecule has 1 unspecified atom stereocenters. The van der Waals surface area contributed by atoms with Gasteiger partial charge in [0.05, 0.1) is 26.0 Å². The Balaban J connectivity index is 2.49. The van der Waals surface area contributed by atoms with Crippen LogP contribution in [0.15, 0.2) is 0 Å². The highest BCUT2D eigenvalue weighted by atomic mass is 32.2. The molecule has 0 aromatic carbocycles. The van der Waals surface area contributed by atoms with Gasteiger partial charge in [0.15, 0.2) is 0 Å². The third-order valence-corrected chi connectivity index (χ3v) is 4.83. The van der Waals surface area contributed by atoms with Crippen molar-refractivity contribution in [1.82, 2.24) is 14.5 Å². The van der Waals surface area contributed by atoms with E-state index in [2.05, 4.69) is 10.2 Å². The van der Waals surface area contributed by atoms with E-state index in [9.17, 15) is 13.2 Å². The highest BCUT2D eigenvalue weighted by molar-refractivity contribution is 7.88. The number of ether oxygens (including phenoxy) is 1. The van der Waals surface area contributed by atoms with Gasteiger partial charge in [-0.15, -0.1) is 0 Å². The summed E-state index contributed by atoms with van der Waals surface area (Å²) < 4.78 is 30.1. The monoisotopic (exact) mass is 321 g/mol. The first-order chi connectivity index (χ1) is 9.82. The van der Waals surface area contributed by atoms with E-state index in [1.54, 1.807) is 0 Å². The second kappa shape index (κ2) is 8.67. The number of hydrogen-bond acceptors (Lipinski definition) is 5. The van der Waals surface area contributed by atoms with Crippen molar-refractivity contribution >= 4 is 15.9 Å². The molecule has 1 fully saturated rings. The average molecular weight is 321 g/mol. The highest BCUT2D eigenvalue weighted by Gasteiger charge is 2.22. The van der Waals surface area contributed by atoms with E-state index in [0.717, 1.165) is 25.8 Å². The van der Waals surface area contributed by atoms with E-state index >= 15 is 0 Å². The average Bonchev–Trinajstić information content (AvgIpc) is 2.43. The van der Waals surface area contributed by atoms with Crippen LogP contribution in [-0.4, -0.2) is 81.8 Å². The van der Waals surface area contributed by atoms with Crippen LogP contribution in [0.2, 0.25) is 0 Å². The summed E-state index contributed by atoms with van der Waals surface area (Å²) in [5, 5.41) is 2.79. The van der Waals surface area contributed by atoms with Gasteiger partial charge in [0.25, 0.3) is 0 Å². The van der Waals surface area contributed by atoms with Crippen molar-refractivity contribution in [3.63, 3.8) is 0 Å². The number of carbonyl (C=O) groups excluding carboxylic acids is 1. The zero-order valence-corrected chi connectivity index (χ0v) is 14.0. The number of amides is 1. The Morgan fingerprint density at radius 1 is 1.38 bits per heavy atom. The van der Waals surface area contributed by atoms with Crippen LogP contribution in [0.1, 0.15) is 20.3 Å². The predicted molar refractivity (Wildman–Crippen MR) is 81.6 cm³/mol. The van der Waals surface area contributed by atoms with Crippen molar-refractivity contribution in [2.24, 2.45) is 0 Å². The van der Waals surface area contributed by atoms with E-state index in [4.69, 9.17) is 4.74 Å². The number of morpholine rings is 1. The fourth-order valence-corrected chi connectivity index (χ4v) is 2.79. The third-order valence-electron chi connectivity index (χ3n) is 3.58. The smallest absolute Gasteiger partial charge is 0.235 e. The van der Waals surface area contributed by atoms with Gasteiger partial charge in [-0.3, -0.25) is 9.69 Å². The molecule has 21 heavy (non-hydrogen) atoms. The van der Waals surface area contributed by atoms with Crippen LogP contribution in [0.25, 0.3) is 0 Å². The molecule has 124 valence electrons. The minimum Gasteiger partial charge on any atom is -0.379 e. The largest absolute Gasteiger partial charge is 0.379 e. The van der Waals surface area contributed by atoms with Crippen molar-refractivity contribution in [1.29, 1.82) is 0 Å². The summed E-state index contributed by atoms with van der Waals surface area (Å²) >= 11 is 0. The number of nitrogens with one attached hydrogen (secondary N) is 1. The third kappa shape index (κ3) is 7.21. The molecule has 0 aliphatic carbocycles. The molecule has 1 N–H and O–H groups in total. The van der Waals surface area contributed by atoms with Crippen LogP contribution >= 0.6 is 0 Å². The maximum absolute atomic E-state index is 11.9. The predicted octanol–water partition coefficient (Wildman–Crippen LogP) is -0.505. The molecule has 0 aromatic heterocycles. The fourth-order valence-electron chi connectivity index (χ4n) is 2.02. The summed E-state index contributed by atoms with van der Waals surface area (Å²) in [4.78, 5) is 14.0. The van der Waals surface area contributed by atoms with Gasteiger partial charge >= 0.3 is 0 Å². The van der Waals surface area contributed by atoms with Gasteiger partial charge in [-0.25, -0.2) is 8.42 Å². The lowest BCUT2D eigenvalue weighted by atomic mass is 10.2. The molecule has 1 aliphatic heterocycles. The minimum absolute atomic E-state index is 0.0538. The standard InChI is InChI=1S/C13H27N3O4S/c1-4-12(2)14-13(17)11-16(21(3,18)19)6-5-15-7-9-20-10-8-15/h12H,4-11H2,1-3H3,(H,14,17). The Hall–Kier alpha value is -0.700. The summed E-state index contributed by atoms with van der Waals surface area (Å²) in [7, 11) is -3.39. The topological polar surface area (TPSA) is 79.0 Å². The van der Waals surface area contributed by atoms with Gasteiger partial charge in [-0.1, -0.05) is 6.92 Å². The van der Waals surface area contributed by atoms with E-state index in [1.165, 1.54) is 4.31 Å². The van der Waals surface area contributed by atoms with Crippen LogP contribution in [0.4, 0.5) is 0 Å². The van der Waals surface area contributed by atoms with Crippen molar-refractivity contribution in [2.45, 2.75) is 26.3 Å². The Morgan fingerprint density at radius 3 is 2.52 bits per heavy atom. The molecule has 0 spiro atoms. The Labute approximate surface area is 127 Å². The lowest BCUT2D eigenvalue weighted by molar-refractivity contribution is -0.122. The minimum atomic E-state index is -3.39. The molecule has 7 nitrogen and oxygen atoms in total. The molecule has 1 rings (SSSR count). The van der Waals surface area contributed by atoms with Gasteiger partial charge < -0.3 is 10.1 Å². The number of nitrogens with zero attached hydrogens (tertiary/aromatic N) is 2. The number of rotatable bonds is 8. The van der Waals surface area contributed by atoms with Gasteiger partial charge in [0, 0.05) is 32.2 Å². The molecule has 0 radical (unpaired) electrons. The first-order valence-corrected chi connectivity index (χ1v) is 9.22. The van der Waals surface area contributed by atoms with Crippen molar-refractivity contribution in [2.75, 3.05) is 52.2 Å². The molecule has 1 aliphatic rings. The molecule has 0 aromatic rings. The molecule has 0 bridgehead atoms. The van der Waals surface area contributed by atoms with Gasteiger partial charge in [0.2, 0.25) is 15.9 Å². The van der Waals surface area contributed by atoms with Crippen molar-refractivity contribution < 1.29 is 17.9 Å². The van der Waals surface area contributed by atoms with Crippen LogP contribution < -0.4 is 5.32 Å². The lowest BCUT2D eigenvalue weighted by Gasteiger charge is -2.29. The van der Waals surface area contributed by atoms with Crippen LogP contribution in [-0.2, 0) is 19.6 Å². The van der Waals surface area contributed by atoms with Gasteiger partial charge in [0.1, 0.15) is 0 Å². The zero-order valence-electron chi connectivity index (χ0n) is 13.2. The molecule has 1 amide bonds. The maximum atomic E-state index is 11.9.